The van der Waals surface area contributed by atoms with Gasteiger partial charge in [0.1, 0.15) is 5.82 Å². The van der Waals surface area contributed by atoms with Crippen molar-refractivity contribution in [1.29, 1.82) is 0 Å². The number of nitrogens with two attached hydrogens (primary N) is 1. The van der Waals surface area contributed by atoms with E-state index in [2.05, 4.69) is 4.90 Å². The van der Waals surface area contributed by atoms with Crippen molar-refractivity contribution in [1.82, 2.24) is 0 Å². The SMILES string of the molecule is NC1CCC2Cc3ccc(F)cc3N2C1. The molecule has 0 bridgehead atoms. The van der Waals surface area contributed by atoms with Crippen LogP contribution < -0.4 is 10.6 Å². The lowest BCUT2D eigenvalue weighted by Crippen LogP contribution is -2.47. The molecule has 2 atom stereocenters. The summed E-state index contributed by atoms with van der Waals surface area (Å²) in [6.07, 6.45) is 3.29. The lowest BCUT2D eigenvalue weighted by atomic mass is 9.99. The van der Waals surface area contributed by atoms with Crippen molar-refractivity contribution in [3.63, 3.8) is 0 Å². The molecule has 1 saturated heterocycles. The summed E-state index contributed by atoms with van der Waals surface area (Å²) in [5.74, 6) is -0.145. The van der Waals surface area contributed by atoms with Crippen LogP contribution in [-0.4, -0.2) is 18.6 Å². The minimum absolute atomic E-state index is 0.145. The van der Waals surface area contributed by atoms with E-state index in [1.54, 1.807) is 12.1 Å². The number of fused-ring (bicyclic) bond motifs is 3. The Balaban J connectivity index is 1.98. The third kappa shape index (κ3) is 1.42. The quantitative estimate of drug-likeness (QED) is 0.699. The monoisotopic (exact) mass is 206 g/mol. The van der Waals surface area contributed by atoms with Gasteiger partial charge in [-0.2, -0.15) is 0 Å². The van der Waals surface area contributed by atoms with E-state index in [0.29, 0.717) is 6.04 Å². The Morgan fingerprint density at radius 1 is 1.33 bits per heavy atom. The molecule has 2 aliphatic heterocycles. The van der Waals surface area contributed by atoms with Gasteiger partial charge in [-0.15, -0.1) is 0 Å². The first-order valence-electron chi connectivity index (χ1n) is 5.54. The van der Waals surface area contributed by atoms with E-state index in [1.165, 1.54) is 5.56 Å². The molecule has 1 aromatic carbocycles. The summed E-state index contributed by atoms with van der Waals surface area (Å²) in [4.78, 5) is 2.28. The molecule has 3 rings (SSSR count). The number of anilines is 1. The van der Waals surface area contributed by atoms with Gasteiger partial charge in [0, 0.05) is 24.3 Å². The van der Waals surface area contributed by atoms with E-state index in [9.17, 15) is 4.39 Å². The van der Waals surface area contributed by atoms with Gasteiger partial charge in [0.2, 0.25) is 0 Å². The first kappa shape index (κ1) is 9.16. The maximum atomic E-state index is 13.2. The van der Waals surface area contributed by atoms with Gasteiger partial charge in [-0.25, -0.2) is 4.39 Å². The van der Waals surface area contributed by atoms with E-state index in [-0.39, 0.29) is 11.9 Å². The van der Waals surface area contributed by atoms with Gasteiger partial charge < -0.3 is 10.6 Å². The smallest absolute Gasteiger partial charge is 0.125 e. The summed E-state index contributed by atoms with van der Waals surface area (Å²) in [6.45, 7) is 0.876. The maximum absolute atomic E-state index is 13.2. The maximum Gasteiger partial charge on any atom is 0.125 e. The summed E-state index contributed by atoms with van der Waals surface area (Å²) < 4.78 is 13.2. The normalized spacial score (nSPS) is 28.8. The number of nitrogens with zero attached hydrogens (tertiary/aromatic N) is 1. The summed E-state index contributed by atoms with van der Waals surface area (Å²) in [6, 6.07) is 5.91. The van der Waals surface area contributed by atoms with Crippen molar-refractivity contribution in [2.75, 3.05) is 11.4 Å². The van der Waals surface area contributed by atoms with Crippen molar-refractivity contribution < 1.29 is 4.39 Å². The van der Waals surface area contributed by atoms with Crippen LogP contribution in [0.5, 0.6) is 0 Å². The van der Waals surface area contributed by atoms with Gasteiger partial charge >= 0.3 is 0 Å². The Bertz CT molecular complexity index is 391. The van der Waals surface area contributed by atoms with E-state index in [0.717, 1.165) is 31.5 Å². The highest BCUT2D eigenvalue weighted by Crippen LogP contribution is 2.36. The zero-order valence-electron chi connectivity index (χ0n) is 8.62. The van der Waals surface area contributed by atoms with Crippen LogP contribution in [0, 0.1) is 5.82 Å². The van der Waals surface area contributed by atoms with Crippen LogP contribution in [0.25, 0.3) is 0 Å². The molecule has 0 spiro atoms. The largest absolute Gasteiger partial charge is 0.366 e. The van der Waals surface area contributed by atoms with Crippen molar-refractivity contribution in [3.8, 4) is 0 Å². The molecule has 0 amide bonds. The standard InChI is InChI=1S/C12H15FN2/c13-9-2-1-8-5-11-4-3-10(14)7-15(11)12(8)6-9/h1-2,6,10-11H,3-5,7,14H2. The molecule has 80 valence electrons. The van der Waals surface area contributed by atoms with Gasteiger partial charge in [0.05, 0.1) is 0 Å². The zero-order chi connectivity index (χ0) is 10.4. The number of benzene rings is 1. The first-order chi connectivity index (χ1) is 7.24. The predicted molar refractivity (Wildman–Crippen MR) is 58.4 cm³/mol. The Hall–Kier alpha value is -1.09. The van der Waals surface area contributed by atoms with Crippen LogP contribution in [0.15, 0.2) is 18.2 Å². The van der Waals surface area contributed by atoms with Gasteiger partial charge in [0.25, 0.3) is 0 Å². The summed E-state index contributed by atoms with van der Waals surface area (Å²) in [7, 11) is 0. The number of rotatable bonds is 0. The lowest BCUT2D eigenvalue weighted by Gasteiger charge is -2.35. The van der Waals surface area contributed by atoms with E-state index in [1.807, 2.05) is 6.07 Å². The second-order valence-electron chi connectivity index (χ2n) is 4.62. The molecule has 15 heavy (non-hydrogen) atoms. The van der Waals surface area contributed by atoms with Crippen LogP contribution >= 0.6 is 0 Å². The van der Waals surface area contributed by atoms with Crippen LogP contribution in [0.1, 0.15) is 18.4 Å². The molecular weight excluding hydrogens is 191 g/mol. The zero-order valence-corrected chi connectivity index (χ0v) is 8.62. The van der Waals surface area contributed by atoms with Gasteiger partial charge in [-0.1, -0.05) is 6.07 Å². The molecule has 2 aliphatic rings. The molecular formula is C12H15FN2. The highest BCUT2D eigenvalue weighted by Gasteiger charge is 2.33. The van der Waals surface area contributed by atoms with Crippen molar-refractivity contribution in [3.05, 3.63) is 29.6 Å². The molecule has 0 aliphatic carbocycles. The number of hydrogen-bond acceptors (Lipinski definition) is 2. The fourth-order valence-corrected chi connectivity index (χ4v) is 2.79. The summed E-state index contributed by atoms with van der Waals surface area (Å²) in [5.41, 5.74) is 8.29. The fourth-order valence-electron chi connectivity index (χ4n) is 2.79. The summed E-state index contributed by atoms with van der Waals surface area (Å²) >= 11 is 0. The Morgan fingerprint density at radius 3 is 3.07 bits per heavy atom. The second-order valence-corrected chi connectivity index (χ2v) is 4.62. The van der Waals surface area contributed by atoms with Gasteiger partial charge in [-0.05, 0) is 37.0 Å². The molecule has 3 heteroatoms. The first-order valence-corrected chi connectivity index (χ1v) is 5.54. The van der Waals surface area contributed by atoms with E-state index >= 15 is 0 Å². The third-order valence-electron chi connectivity index (χ3n) is 3.55. The fraction of sp³-hybridized carbons (Fsp3) is 0.500. The van der Waals surface area contributed by atoms with E-state index in [4.69, 9.17) is 5.73 Å². The minimum Gasteiger partial charge on any atom is -0.366 e. The number of piperidine rings is 1. The molecule has 1 aromatic rings. The molecule has 2 heterocycles. The van der Waals surface area contributed by atoms with E-state index < -0.39 is 0 Å². The van der Waals surface area contributed by atoms with Crippen molar-refractivity contribution >= 4 is 5.69 Å². The van der Waals surface area contributed by atoms with Crippen LogP contribution in [-0.2, 0) is 6.42 Å². The molecule has 0 radical (unpaired) electrons. The average Bonchev–Trinajstić information content (AvgIpc) is 2.56. The molecule has 0 saturated carbocycles. The summed E-state index contributed by atoms with van der Waals surface area (Å²) in [5, 5.41) is 0. The average molecular weight is 206 g/mol. The Morgan fingerprint density at radius 2 is 2.20 bits per heavy atom. The van der Waals surface area contributed by atoms with Crippen LogP contribution in [0.4, 0.5) is 10.1 Å². The minimum atomic E-state index is -0.145. The predicted octanol–water partition coefficient (Wildman–Crippen LogP) is 1.68. The molecule has 1 fully saturated rings. The highest BCUT2D eigenvalue weighted by molar-refractivity contribution is 5.60. The van der Waals surface area contributed by atoms with Gasteiger partial charge in [0.15, 0.2) is 0 Å². The molecule has 2 nitrogen and oxygen atoms in total. The van der Waals surface area contributed by atoms with Crippen molar-refractivity contribution in [2.45, 2.75) is 31.3 Å². The number of halogens is 1. The molecule has 0 aromatic heterocycles. The van der Waals surface area contributed by atoms with Crippen molar-refractivity contribution in [2.24, 2.45) is 5.73 Å². The lowest BCUT2D eigenvalue weighted by molar-refractivity contribution is 0.432. The van der Waals surface area contributed by atoms with Crippen LogP contribution in [0.2, 0.25) is 0 Å². The molecule has 2 N–H and O–H groups in total. The Kier molecular flexibility index (Phi) is 1.96. The third-order valence-corrected chi connectivity index (χ3v) is 3.55. The number of hydrogen-bond donors (Lipinski definition) is 1. The Labute approximate surface area is 88.9 Å². The topological polar surface area (TPSA) is 29.3 Å². The highest BCUT2D eigenvalue weighted by atomic mass is 19.1. The van der Waals surface area contributed by atoms with Crippen LogP contribution in [0.3, 0.4) is 0 Å². The second kappa shape index (κ2) is 3.20. The van der Waals surface area contributed by atoms with Gasteiger partial charge in [-0.3, -0.25) is 0 Å². The molecule has 2 unspecified atom stereocenters.